The first-order valence-corrected chi connectivity index (χ1v) is 8.00. The van der Waals surface area contributed by atoms with Gasteiger partial charge in [-0.2, -0.15) is 0 Å². The molecule has 2 amide bonds. The Morgan fingerprint density at radius 1 is 1.11 bits per heavy atom. The summed E-state index contributed by atoms with van der Waals surface area (Å²) in [6.45, 7) is 1.97. The minimum atomic E-state index is -0.142. The lowest BCUT2D eigenvalue weighted by Crippen LogP contribution is -2.42. The Morgan fingerprint density at radius 2 is 1.61 bits per heavy atom. The molecule has 3 nitrogen and oxygen atoms in total. The fourth-order valence-electron chi connectivity index (χ4n) is 2.35. The second-order valence-electron chi connectivity index (χ2n) is 4.38. The predicted molar refractivity (Wildman–Crippen MR) is 75.1 cm³/mol. The van der Waals surface area contributed by atoms with Crippen LogP contribution >= 0.6 is 23.5 Å². The number of fused-ring (bicyclic) bond motifs is 1. The molecule has 1 aromatic rings. The van der Waals surface area contributed by atoms with Crippen LogP contribution in [0.3, 0.4) is 0 Å². The molecule has 1 aromatic carbocycles. The van der Waals surface area contributed by atoms with Gasteiger partial charge in [0, 0.05) is 11.5 Å². The van der Waals surface area contributed by atoms with Crippen LogP contribution in [0.1, 0.15) is 27.6 Å². The van der Waals surface area contributed by atoms with Crippen LogP contribution in [0.25, 0.3) is 0 Å². The topological polar surface area (TPSA) is 37.4 Å². The van der Waals surface area contributed by atoms with Crippen molar-refractivity contribution < 1.29 is 9.59 Å². The lowest BCUT2D eigenvalue weighted by molar-refractivity contribution is 0.0607. The molecule has 0 aromatic heterocycles. The van der Waals surface area contributed by atoms with Crippen molar-refractivity contribution in [2.75, 3.05) is 11.5 Å². The minimum Gasteiger partial charge on any atom is -0.270 e. The maximum atomic E-state index is 12.3. The third-order valence-electron chi connectivity index (χ3n) is 3.27. The van der Waals surface area contributed by atoms with Crippen molar-refractivity contribution in [3.05, 3.63) is 35.4 Å². The van der Waals surface area contributed by atoms with Gasteiger partial charge in [0.15, 0.2) is 0 Å². The Morgan fingerprint density at radius 3 is 2.11 bits per heavy atom. The van der Waals surface area contributed by atoms with Crippen LogP contribution in [-0.2, 0) is 0 Å². The van der Waals surface area contributed by atoms with Gasteiger partial charge in [0.25, 0.3) is 11.8 Å². The highest BCUT2D eigenvalue weighted by Crippen LogP contribution is 2.38. The van der Waals surface area contributed by atoms with Crippen molar-refractivity contribution in [2.24, 2.45) is 0 Å². The number of amides is 2. The molecule has 0 radical (unpaired) electrons. The van der Waals surface area contributed by atoms with E-state index in [2.05, 4.69) is 0 Å². The molecule has 0 unspecified atom stereocenters. The van der Waals surface area contributed by atoms with Crippen molar-refractivity contribution in [2.45, 2.75) is 17.5 Å². The Kier molecular flexibility index (Phi) is 3.11. The summed E-state index contributed by atoms with van der Waals surface area (Å²) >= 11 is 3.67. The number of carbonyl (C=O) groups is 2. The second kappa shape index (κ2) is 4.63. The smallest absolute Gasteiger partial charge is 0.261 e. The van der Waals surface area contributed by atoms with Gasteiger partial charge in [0.05, 0.1) is 21.8 Å². The van der Waals surface area contributed by atoms with Crippen LogP contribution in [0.5, 0.6) is 0 Å². The zero-order chi connectivity index (χ0) is 12.7. The monoisotopic (exact) mass is 279 g/mol. The summed E-state index contributed by atoms with van der Waals surface area (Å²) in [4.78, 5) is 26.0. The second-order valence-corrected chi connectivity index (χ2v) is 7.17. The summed E-state index contributed by atoms with van der Waals surface area (Å²) in [7, 11) is 0. The molecule has 0 aliphatic carbocycles. The van der Waals surface area contributed by atoms with Crippen LogP contribution in [0, 0.1) is 0 Å². The number of rotatable bonds is 2. The maximum Gasteiger partial charge on any atom is 0.261 e. The van der Waals surface area contributed by atoms with E-state index in [1.807, 2.05) is 30.4 Å². The molecule has 5 heteroatoms. The zero-order valence-electron chi connectivity index (χ0n) is 9.96. The molecule has 0 N–H and O–H groups in total. The van der Waals surface area contributed by atoms with Crippen molar-refractivity contribution in [1.29, 1.82) is 0 Å². The fourth-order valence-corrected chi connectivity index (χ4v) is 5.35. The lowest BCUT2D eigenvalue weighted by Gasteiger charge is -2.26. The SMILES string of the molecule is C[C@@H](C1SCCS1)N1C(=O)c2ccccc2C1=O. The van der Waals surface area contributed by atoms with E-state index in [9.17, 15) is 9.59 Å². The summed E-state index contributed by atoms with van der Waals surface area (Å²) in [5.41, 5.74) is 1.09. The molecule has 0 spiro atoms. The Hall–Kier alpha value is -0.940. The van der Waals surface area contributed by atoms with E-state index in [-0.39, 0.29) is 17.9 Å². The number of benzene rings is 1. The van der Waals surface area contributed by atoms with Crippen LogP contribution < -0.4 is 0 Å². The van der Waals surface area contributed by atoms with Crippen molar-refractivity contribution in [3.63, 3.8) is 0 Å². The number of imide groups is 1. The summed E-state index contributed by atoms with van der Waals surface area (Å²) in [6.07, 6.45) is 0. The molecule has 18 heavy (non-hydrogen) atoms. The number of carbonyl (C=O) groups excluding carboxylic acids is 2. The van der Waals surface area contributed by atoms with Gasteiger partial charge in [-0.25, -0.2) is 0 Å². The highest BCUT2D eigenvalue weighted by Gasteiger charge is 2.41. The molecule has 1 saturated heterocycles. The minimum absolute atomic E-state index is 0.0464. The Labute approximate surface area is 114 Å². The maximum absolute atomic E-state index is 12.3. The molecule has 2 heterocycles. The van der Waals surface area contributed by atoms with E-state index in [1.165, 1.54) is 4.90 Å². The van der Waals surface area contributed by atoms with E-state index in [1.54, 1.807) is 24.3 Å². The first-order chi connectivity index (χ1) is 8.70. The van der Waals surface area contributed by atoms with Gasteiger partial charge in [-0.05, 0) is 19.1 Å². The predicted octanol–water partition coefficient (Wildman–Crippen LogP) is 2.48. The highest BCUT2D eigenvalue weighted by atomic mass is 32.2. The number of thioether (sulfide) groups is 2. The third-order valence-corrected chi connectivity index (χ3v) is 6.67. The molecular formula is C13H13NO2S2. The zero-order valence-corrected chi connectivity index (χ0v) is 11.6. The molecule has 0 saturated carbocycles. The van der Waals surface area contributed by atoms with Crippen LogP contribution in [0.15, 0.2) is 24.3 Å². The van der Waals surface area contributed by atoms with Gasteiger partial charge in [-0.3, -0.25) is 14.5 Å². The molecule has 1 fully saturated rings. The van der Waals surface area contributed by atoms with Gasteiger partial charge in [-0.1, -0.05) is 12.1 Å². The number of hydrogen-bond donors (Lipinski definition) is 0. The van der Waals surface area contributed by atoms with E-state index in [0.717, 1.165) is 11.5 Å². The standard InChI is InChI=1S/C13H13NO2S2/c1-8(13-17-6-7-18-13)14-11(15)9-4-2-3-5-10(9)12(14)16/h2-5,8,13H,6-7H2,1H3/t8-/m0/s1. The molecular weight excluding hydrogens is 266 g/mol. The fraction of sp³-hybridized carbons (Fsp3) is 0.385. The number of hydrogen-bond acceptors (Lipinski definition) is 4. The first kappa shape index (κ1) is 12.1. The summed E-state index contributed by atoms with van der Waals surface area (Å²) in [5.74, 6) is 1.92. The normalized spacial score (nSPS) is 21.5. The Bertz CT molecular complexity index is 476. The van der Waals surface area contributed by atoms with E-state index in [4.69, 9.17) is 0 Å². The number of nitrogens with zero attached hydrogens (tertiary/aromatic N) is 1. The van der Waals surface area contributed by atoms with Crippen LogP contribution in [-0.4, -0.2) is 38.8 Å². The molecule has 3 rings (SSSR count). The average Bonchev–Trinajstić information content (AvgIpc) is 2.99. The largest absolute Gasteiger partial charge is 0.270 e. The average molecular weight is 279 g/mol. The summed E-state index contributed by atoms with van der Waals surface area (Å²) < 4.78 is 0.312. The van der Waals surface area contributed by atoms with Crippen molar-refractivity contribution >= 4 is 35.3 Å². The first-order valence-electron chi connectivity index (χ1n) is 5.90. The van der Waals surface area contributed by atoms with Gasteiger partial charge in [0.2, 0.25) is 0 Å². The van der Waals surface area contributed by atoms with Gasteiger partial charge in [0.1, 0.15) is 0 Å². The van der Waals surface area contributed by atoms with Crippen molar-refractivity contribution in [3.8, 4) is 0 Å². The van der Waals surface area contributed by atoms with E-state index < -0.39 is 0 Å². The molecule has 0 bridgehead atoms. The molecule has 94 valence electrons. The van der Waals surface area contributed by atoms with Crippen LogP contribution in [0.2, 0.25) is 0 Å². The highest BCUT2D eigenvalue weighted by molar-refractivity contribution is 8.20. The Balaban J connectivity index is 1.91. The molecule has 1 atom stereocenters. The summed E-state index contributed by atoms with van der Waals surface area (Å²) in [5, 5.41) is 0. The van der Waals surface area contributed by atoms with E-state index in [0.29, 0.717) is 15.7 Å². The van der Waals surface area contributed by atoms with Crippen LogP contribution in [0.4, 0.5) is 0 Å². The third kappa shape index (κ3) is 1.77. The van der Waals surface area contributed by atoms with Crippen molar-refractivity contribution in [1.82, 2.24) is 4.90 Å². The summed E-state index contributed by atoms with van der Waals surface area (Å²) in [6, 6.07) is 7.03. The van der Waals surface area contributed by atoms with Gasteiger partial charge < -0.3 is 0 Å². The van der Waals surface area contributed by atoms with Gasteiger partial charge in [-0.15, -0.1) is 23.5 Å². The van der Waals surface area contributed by atoms with E-state index >= 15 is 0 Å². The molecule has 2 aliphatic rings. The lowest BCUT2D eigenvalue weighted by atomic mass is 10.1. The quantitative estimate of drug-likeness (QED) is 0.779. The molecule has 2 aliphatic heterocycles. The van der Waals surface area contributed by atoms with Gasteiger partial charge >= 0.3 is 0 Å².